The highest BCUT2D eigenvalue weighted by atomic mass is 16.2. The number of hydrogen-bond acceptors (Lipinski definition) is 3. The van der Waals surface area contributed by atoms with Gasteiger partial charge in [-0.25, -0.2) is 0 Å². The number of nitrogens with zero attached hydrogens (tertiary/aromatic N) is 2. The molecule has 0 aliphatic carbocycles. The summed E-state index contributed by atoms with van der Waals surface area (Å²) in [5.74, 6) is 5.83. The van der Waals surface area contributed by atoms with Crippen molar-refractivity contribution in [1.29, 1.82) is 0 Å². The molecular weight excluding hydrogens is 252 g/mol. The van der Waals surface area contributed by atoms with E-state index in [4.69, 9.17) is 5.11 Å². The van der Waals surface area contributed by atoms with Crippen LogP contribution in [0.2, 0.25) is 0 Å². The van der Waals surface area contributed by atoms with E-state index in [1.807, 2.05) is 4.90 Å². The summed E-state index contributed by atoms with van der Waals surface area (Å²) in [6.07, 6.45) is 6.79. The molecule has 1 aliphatic heterocycles. The first kappa shape index (κ1) is 14.5. The minimum absolute atomic E-state index is 0.0283. The minimum atomic E-state index is 0.0283. The van der Waals surface area contributed by atoms with Gasteiger partial charge in [0.1, 0.15) is 0 Å². The lowest BCUT2D eigenvalue weighted by Crippen LogP contribution is -2.35. The average molecular weight is 272 g/mol. The highest BCUT2D eigenvalue weighted by Crippen LogP contribution is 2.23. The van der Waals surface area contributed by atoms with Crippen molar-refractivity contribution in [3.05, 3.63) is 29.6 Å². The maximum absolute atomic E-state index is 12.7. The summed E-state index contributed by atoms with van der Waals surface area (Å²) in [5.41, 5.74) is 1.26. The van der Waals surface area contributed by atoms with E-state index < -0.39 is 0 Å². The van der Waals surface area contributed by atoms with Crippen molar-refractivity contribution in [3.8, 4) is 11.8 Å². The Morgan fingerprint density at radius 3 is 3.20 bits per heavy atom. The van der Waals surface area contributed by atoms with Gasteiger partial charge in [-0.2, -0.15) is 0 Å². The Hall–Kier alpha value is -1.86. The third-order valence-electron chi connectivity index (χ3n) is 3.62. The third-order valence-corrected chi connectivity index (χ3v) is 3.62. The molecule has 0 aromatic carbocycles. The maximum atomic E-state index is 12.7. The van der Waals surface area contributed by atoms with E-state index in [0.29, 0.717) is 23.6 Å². The van der Waals surface area contributed by atoms with Crippen molar-refractivity contribution in [2.45, 2.75) is 38.6 Å². The van der Waals surface area contributed by atoms with Gasteiger partial charge in [-0.1, -0.05) is 18.8 Å². The molecule has 0 bridgehead atoms. The van der Waals surface area contributed by atoms with E-state index in [2.05, 4.69) is 23.7 Å². The Kier molecular flexibility index (Phi) is 5.14. The van der Waals surface area contributed by atoms with E-state index in [1.54, 1.807) is 18.5 Å². The van der Waals surface area contributed by atoms with Crippen molar-refractivity contribution >= 4 is 5.91 Å². The smallest absolute Gasteiger partial charge is 0.255 e. The molecule has 1 aromatic rings. The fourth-order valence-corrected chi connectivity index (χ4v) is 2.58. The van der Waals surface area contributed by atoms with Gasteiger partial charge in [-0.3, -0.25) is 9.78 Å². The van der Waals surface area contributed by atoms with Gasteiger partial charge in [0.25, 0.3) is 5.91 Å². The summed E-state index contributed by atoms with van der Waals surface area (Å²) in [6, 6.07) is 2.07. The monoisotopic (exact) mass is 272 g/mol. The molecule has 4 nitrogen and oxygen atoms in total. The molecular formula is C16H20N2O2. The Bertz CT molecular complexity index is 531. The first-order valence-corrected chi connectivity index (χ1v) is 7.12. The van der Waals surface area contributed by atoms with Crippen molar-refractivity contribution in [2.75, 3.05) is 13.2 Å². The summed E-state index contributed by atoms with van der Waals surface area (Å²) in [6.45, 7) is 2.97. The highest BCUT2D eigenvalue weighted by molar-refractivity contribution is 5.96. The zero-order valence-electron chi connectivity index (χ0n) is 11.8. The summed E-state index contributed by atoms with van der Waals surface area (Å²) in [7, 11) is 0. The van der Waals surface area contributed by atoms with E-state index in [9.17, 15) is 4.79 Å². The van der Waals surface area contributed by atoms with Crippen LogP contribution in [0.5, 0.6) is 0 Å². The van der Waals surface area contributed by atoms with Gasteiger partial charge in [0.05, 0.1) is 17.7 Å². The maximum Gasteiger partial charge on any atom is 0.255 e. The van der Waals surface area contributed by atoms with Crippen molar-refractivity contribution in [1.82, 2.24) is 9.88 Å². The number of rotatable bonds is 3. The Labute approximate surface area is 119 Å². The van der Waals surface area contributed by atoms with Crippen LogP contribution in [-0.2, 0) is 0 Å². The number of likely N-dealkylation sites (tertiary alicyclic amines) is 1. The number of aromatic nitrogens is 1. The van der Waals surface area contributed by atoms with Crippen molar-refractivity contribution in [2.24, 2.45) is 0 Å². The lowest BCUT2D eigenvalue weighted by Gasteiger charge is -2.24. The second-order valence-electron chi connectivity index (χ2n) is 4.90. The Morgan fingerprint density at radius 1 is 1.60 bits per heavy atom. The van der Waals surface area contributed by atoms with Crippen molar-refractivity contribution < 1.29 is 9.90 Å². The van der Waals surface area contributed by atoms with Crippen LogP contribution in [0.25, 0.3) is 0 Å². The van der Waals surface area contributed by atoms with Crippen LogP contribution in [0.1, 0.15) is 48.5 Å². The first-order valence-electron chi connectivity index (χ1n) is 7.12. The molecule has 1 unspecified atom stereocenters. The van der Waals surface area contributed by atoms with Crippen molar-refractivity contribution in [3.63, 3.8) is 0 Å². The van der Waals surface area contributed by atoms with Gasteiger partial charge < -0.3 is 10.0 Å². The van der Waals surface area contributed by atoms with E-state index in [0.717, 1.165) is 25.8 Å². The normalized spacial score (nSPS) is 17.7. The summed E-state index contributed by atoms with van der Waals surface area (Å²) in [5, 5.41) is 8.77. The topological polar surface area (TPSA) is 53.4 Å². The molecule has 1 fully saturated rings. The van der Waals surface area contributed by atoms with Crippen LogP contribution < -0.4 is 0 Å². The number of aliphatic hydroxyl groups excluding tert-OH is 1. The summed E-state index contributed by atoms with van der Waals surface area (Å²) >= 11 is 0. The first-order chi connectivity index (χ1) is 9.77. The van der Waals surface area contributed by atoms with Crippen LogP contribution >= 0.6 is 0 Å². The molecule has 1 atom stereocenters. The quantitative estimate of drug-likeness (QED) is 0.854. The zero-order valence-corrected chi connectivity index (χ0v) is 11.8. The van der Waals surface area contributed by atoms with E-state index >= 15 is 0 Å². The SMILES string of the molecule is CCC1CCCN1C(=O)c1ccncc1C#CCCO. The lowest BCUT2D eigenvalue weighted by atomic mass is 10.1. The van der Waals surface area contributed by atoms with Crippen LogP contribution in [0.3, 0.4) is 0 Å². The fraction of sp³-hybridized carbons (Fsp3) is 0.500. The molecule has 1 aliphatic rings. The van der Waals surface area contributed by atoms with E-state index in [-0.39, 0.29) is 12.5 Å². The van der Waals surface area contributed by atoms with Crippen LogP contribution in [-0.4, -0.2) is 40.1 Å². The molecule has 20 heavy (non-hydrogen) atoms. The Morgan fingerprint density at radius 2 is 2.45 bits per heavy atom. The van der Waals surface area contributed by atoms with Crippen LogP contribution in [0.15, 0.2) is 18.5 Å². The second kappa shape index (κ2) is 7.06. The Balaban J connectivity index is 2.24. The zero-order chi connectivity index (χ0) is 14.4. The molecule has 1 amide bonds. The lowest BCUT2D eigenvalue weighted by molar-refractivity contribution is 0.0733. The van der Waals surface area contributed by atoms with Crippen LogP contribution in [0, 0.1) is 11.8 Å². The third kappa shape index (κ3) is 3.17. The van der Waals surface area contributed by atoms with Gasteiger partial charge in [-0.15, -0.1) is 0 Å². The summed E-state index contributed by atoms with van der Waals surface area (Å²) < 4.78 is 0. The highest BCUT2D eigenvalue weighted by Gasteiger charge is 2.28. The molecule has 0 radical (unpaired) electrons. The number of pyridine rings is 1. The van der Waals surface area contributed by atoms with Gasteiger partial charge in [0.15, 0.2) is 0 Å². The largest absolute Gasteiger partial charge is 0.395 e. The number of carbonyl (C=O) groups is 1. The molecule has 106 valence electrons. The van der Waals surface area contributed by atoms with Gasteiger partial charge in [-0.05, 0) is 25.3 Å². The molecule has 1 N–H and O–H groups in total. The predicted molar refractivity (Wildman–Crippen MR) is 77.2 cm³/mol. The fourth-order valence-electron chi connectivity index (χ4n) is 2.58. The molecule has 2 heterocycles. The second-order valence-corrected chi connectivity index (χ2v) is 4.90. The van der Waals surface area contributed by atoms with Gasteiger partial charge in [0, 0.05) is 31.4 Å². The molecule has 0 spiro atoms. The average Bonchev–Trinajstić information content (AvgIpc) is 2.96. The number of aliphatic hydroxyl groups is 1. The molecule has 1 saturated heterocycles. The number of hydrogen-bond donors (Lipinski definition) is 1. The molecule has 0 saturated carbocycles. The molecule has 2 rings (SSSR count). The molecule has 1 aromatic heterocycles. The predicted octanol–water partition coefficient (Wildman–Crippen LogP) is 1.83. The van der Waals surface area contributed by atoms with E-state index in [1.165, 1.54) is 0 Å². The molecule has 4 heteroatoms. The van der Waals surface area contributed by atoms with Gasteiger partial charge in [0.2, 0.25) is 0 Å². The minimum Gasteiger partial charge on any atom is -0.395 e. The summed E-state index contributed by atoms with van der Waals surface area (Å²) in [4.78, 5) is 18.6. The van der Waals surface area contributed by atoms with Crippen LogP contribution in [0.4, 0.5) is 0 Å². The number of amides is 1. The number of carbonyl (C=O) groups excluding carboxylic acids is 1. The van der Waals surface area contributed by atoms with Gasteiger partial charge >= 0.3 is 0 Å². The standard InChI is InChI=1S/C16H20N2O2/c1-2-14-7-5-10-18(14)16(20)15-8-9-17-12-13(15)6-3-4-11-19/h8-9,12,14,19H,2,4-5,7,10-11H2,1H3.